The van der Waals surface area contributed by atoms with E-state index in [0.717, 1.165) is 19.3 Å². The van der Waals surface area contributed by atoms with E-state index in [9.17, 15) is 5.11 Å². The van der Waals surface area contributed by atoms with E-state index in [4.69, 9.17) is 0 Å². The summed E-state index contributed by atoms with van der Waals surface area (Å²) in [4.78, 5) is 0. The molecular weight excluding hydrogens is 316 g/mol. The predicted octanol–water partition coefficient (Wildman–Crippen LogP) is 8.19. The molecule has 0 saturated heterocycles. The fourth-order valence-electron chi connectivity index (χ4n) is 3.43. The molecule has 0 radical (unpaired) electrons. The lowest BCUT2D eigenvalue weighted by Crippen LogP contribution is -2.02. The maximum absolute atomic E-state index is 9.87. The Morgan fingerprint density at radius 1 is 0.538 bits per heavy atom. The van der Waals surface area contributed by atoms with Crippen LogP contribution in [-0.4, -0.2) is 11.2 Å². The number of rotatable bonds is 19. The third-order valence-corrected chi connectivity index (χ3v) is 5.26. The van der Waals surface area contributed by atoms with E-state index < -0.39 is 6.10 Å². The topological polar surface area (TPSA) is 20.2 Å². The minimum atomic E-state index is -0.390. The van der Waals surface area contributed by atoms with Gasteiger partial charge in [0.15, 0.2) is 0 Å². The molecule has 154 valence electrons. The molecule has 0 fully saturated rings. The van der Waals surface area contributed by atoms with Gasteiger partial charge in [0.2, 0.25) is 0 Å². The van der Waals surface area contributed by atoms with E-state index in [2.05, 4.69) is 25.7 Å². The van der Waals surface area contributed by atoms with Gasteiger partial charge >= 0.3 is 0 Å². The zero-order chi connectivity index (χ0) is 19.1. The second kappa shape index (κ2) is 22.6. The molecule has 0 aliphatic rings. The SMILES string of the molecule is CCCCCCC#CC(O)CCCCCCCCCCCCCCCC. The van der Waals surface area contributed by atoms with E-state index in [1.165, 1.54) is 109 Å². The van der Waals surface area contributed by atoms with Gasteiger partial charge in [0.1, 0.15) is 6.10 Å². The van der Waals surface area contributed by atoms with Gasteiger partial charge in [-0.3, -0.25) is 0 Å². The van der Waals surface area contributed by atoms with Crippen LogP contribution < -0.4 is 0 Å². The summed E-state index contributed by atoms with van der Waals surface area (Å²) in [6, 6.07) is 0. The third kappa shape index (κ3) is 21.6. The minimum absolute atomic E-state index is 0.390. The summed E-state index contributed by atoms with van der Waals surface area (Å²) in [5.41, 5.74) is 0. The molecule has 1 atom stereocenters. The Bertz CT molecular complexity index is 312. The summed E-state index contributed by atoms with van der Waals surface area (Å²) in [6.45, 7) is 4.51. The van der Waals surface area contributed by atoms with Crippen molar-refractivity contribution < 1.29 is 5.11 Å². The molecule has 0 spiro atoms. The lowest BCUT2D eigenvalue weighted by Gasteiger charge is -2.04. The first kappa shape index (κ1) is 25.5. The van der Waals surface area contributed by atoms with Crippen LogP contribution in [0.3, 0.4) is 0 Å². The Hall–Kier alpha value is -0.480. The molecule has 0 aliphatic heterocycles. The highest BCUT2D eigenvalue weighted by Crippen LogP contribution is 2.13. The van der Waals surface area contributed by atoms with Crippen molar-refractivity contribution >= 4 is 0 Å². The summed E-state index contributed by atoms with van der Waals surface area (Å²) in [7, 11) is 0. The van der Waals surface area contributed by atoms with Crippen LogP contribution in [0.2, 0.25) is 0 Å². The lowest BCUT2D eigenvalue weighted by molar-refractivity contribution is 0.217. The van der Waals surface area contributed by atoms with Crippen molar-refractivity contribution in [2.45, 2.75) is 148 Å². The number of aliphatic hydroxyl groups is 1. The summed E-state index contributed by atoms with van der Waals surface area (Å²) >= 11 is 0. The second-order valence-corrected chi connectivity index (χ2v) is 8.03. The van der Waals surface area contributed by atoms with Crippen LogP contribution >= 0.6 is 0 Å². The van der Waals surface area contributed by atoms with E-state index >= 15 is 0 Å². The molecule has 0 rings (SSSR count). The van der Waals surface area contributed by atoms with Crippen molar-refractivity contribution in [1.82, 2.24) is 0 Å². The standard InChI is InChI=1S/C25H48O/c1-3-5-7-9-11-12-13-14-15-16-17-18-20-22-24-25(26)23-21-19-10-8-6-4-2/h25-26H,3-20,22,24H2,1-2H3. The first-order valence-electron chi connectivity index (χ1n) is 12.0. The van der Waals surface area contributed by atoms with Crippen LogP contribution in [0.1, 0.15) is 142 Å². The van der Waals surface area contributed by atoms with Crippen LogP contribution in [0.15, 0.2) is 0 Å². The lowest BCUT2D eigenvalue weighted by atomic mass is 10.0. The van der Waals surface area contributed by atoms with Gasteiger partial charge in [-0.2, -0.15) is 0 Å². The normalized spacial score (nSPS) is 12.0. The van der Waals surface area contributed by atoms with Gasteiger partial charge < -0.3 is 5.11 Å². The average molecular weight is 365 g/mol. The molecule has 1 N–H and O–H groups in total. The summed E-state index contributed by atoms with van der Waals surface area (Å²) < 4.78 is 0. The first-order valence-corrected chi connectivity index (χ1v) is 12.0. The average Bonchev–Trinajstić information content (AvgIpc) is 2.65. The smallest absolute Gasteiger partial charge is 0.114 e. The van der Waals surface area contributed by atoms with Gasteiger partial charge in [0.25, 0.3) is 0 Å². The summed E-state index contributed by atoms with van der Waals surface area (Å²) in [5.74, 6) is 6.16. The van der Waals surface area contributed by atoms with E-state index in [1.807, 2.05) is 0 Å². The summed E-state index contributed by atoms with van der Waals surface area (Å²) in [6.07, 6.45) is 25.8. The number of hydrogen-bond acceptors (Lipinski definition) is 1. The third-order valence-electron chi connectivity index (χ3n) is 5.26. The zero-order valence-electron chi connectivity index (χ0n) is 18.2. The number of unbranched alkanes of at least 4 members (excludes halogenated alkanes) is 17. The van der Waals surface area contributed by atoms with Crippen LogP contribution in [0.5, 0.6) is 0 Å². The molecule has 0 amide bonds. The van der Waals surface area contributed by atoms with Crippen LogP contribution in [0.4, 0.5) is 0 Å². The zero-order valence-corrected chi connectivity index (χ0v) is 18.2. The van der Waals surface area contributed by atoms with Crippen LogP contribution in [0.25, 0.3) is 0 Å². The Labute approximate surface area is 165 Å². The molecule has 0 aromatic carbocycles. The monoisotopic (exact) mass is 364 g/mol. The summed E-state index contributed by atoms with van der Waals surface area (Å²) in [5, 5.41) is 9.87. The van der Waals surface area contributed by atoms with Gasteiger partial charge in [-0.25, -0.2) is 0 Å². The Kier molecular flexibility index (Phi) is 22.1. The van der Waals surface area contributed by atoms with Crippen molar-refractivity contribution in [2.24, 2.45) is 0 Å². The van der Waals surface area contributed by atoms with Crippen molar-refractivity contribution in [1.29, 1.82) is 0 Å². The van der Waals surface area contributed by atoms with Crippen LogP contribution in [-0.2, 0) is 0 Å². The maximum Gasteiger partial charge on any atom is 0.114 e. The van der Waals surface area contributed by atoms with Crippen molar-refractivity contribution in [2.75, 3.05) is 0 Å². The van der Waals surface area contributed by atoms with Gasteiger partial charge in [0, 0.05) is 6.42 Å². The fraction of sp³-hybridized carbons (Fsp3) is 0.920. The molecule has 0 saturated carbocycles. The van der Waals surface area contributed by atoms with Crippen molar-refractivity contribution in [3.63, 3.8) is 0 Å². The van der Waals surface area contributed by atoms with Crippen LogP contribution in [0, 0.1) is 11.8 Å². The molecule has 0 aromatic heterocycles. The van der Waals surface area contributed by atoms with Gasteiger partial charge in [-0.1, -0.05) is 123 Å². The highest BCUT2D eigenvalue weighted by Gasteiger charge is 1.99. The van der Waals surface area contributed by atoms with Gasteiger partial charge in [-0.15, -0.1) is 5.92 Å². The van der Waals surface area contributed by atoms with E-state index in [0.29, 0.717) is 0 Å². The first-order chi connectivity index (χ1) is 12.8. The number of aliphatic hydroxyl groups excluding tert-OH is 1. The highest BCUT2D eigenvalue weighted by atomic mass is 16.3. The largest absolute Gasteiger partial charge is 0.380 e. The molecule has 0 heterocycles. The molecule has 1 heteroatoms. The van der Waals surface area contributed by atoms with Gasteiger partial charge in [0.05, 0.1) is 0 Å². The van der Waals surface area contributed by atoms with E-state index in [-0.39, 0.29) is 0 Å². The Morgan fingerprint density at radius 2 is 0.923 bits per heavy atom. The molecule has 0 aromatic rings. The number of hydrogen-bond donors (Lipinski definition) is 1. The molecular formula is C25H48O. The maximum atomic E-state index is 9.87. The highest BCUT2D eigenvalue weighted by molar-refractivity contribution is 5.04. The molecule has 0 bridgehead atoms. The minimum Gasteiger partial charge on any atom is -0.380 e. The molecule has 1 nitrogen and oxygen atoms in total. The molecule has 1 unspecified atom stereocenters. The second-order valence-electron chi connectivity index (χ2n) is 8.03. The quantitative estimate of drug-likeness (QED) is 0.181. The Balaban J connectivity index is 3.19. The fourth-order valence-corrected chi connectivity index (χ4v) is 3.43. The van der Waals surface area contributed by atoms with Crippen molar-refractivity contribution in [3.8, 4) is 11.8 Å². The molecule has 0 aliphatic carbocycles. The Morgan fingerprint density at radius 3 is 1.38 bits per heavy atom. The molecule has 26 heavy (non-hydrogen) atoms. The van der Waals surface area contributed by atoms with Crippen molar-refractivity contribution in [3.05, 3.63) is 0 Å². The van der Waals surface area contributed by atoms with E-state index in [1.54, 1.807) is 0 Å². The van der Waals surface area contributed by atoms with Gasteiger partial charge in [-0.05, 0) is 19.3 Å². The predicted molar refractivity (Wildman–Crippen MR) is 117 cm³/mol.